The van der Waals surface area contributed by atoms with E-state index in [1.165, 1.54) is 4.90 Å². The van der Waals surface area contributed by atoms with Crippen LogP contribution in [0.15, 0.2) is 95.9 Å². The summed E-state index contributed by atoms with van der Waals surface area (Å²) in [6.45, 7) is 2.82. The predicted molar refractivity (Wildman–Crippen MR) is 144 cm³/mol. The molecule has 0 saturated carbocycles. The van der Waals surface area contributed by atoms with Gasteiger partial charge in [0.15, 0.2) is 0 Å². The van der Waals surface area contributed by atoms with Gasteiger partial charge in [-0.2, -0.15) is 0 Å². The molecule has 1 aliphatic heterocycles. The molecule has 0 spiro atoms. The third-order valence-corrected chi connectivity index (χ3v) is 6.85. The molecule has 0 aromatic heterocycles. The number of rotatable bonds is 8. The molecule has 5 rings (SSSR count). The zero-order chi connectivity index (χ0) is 24.9. The Hall–Kier alpha value is -4.03. The van der Waals surface area contributed by atoms with Crippen molar-refractivity contribution in [3.63, 3.8) is 0 Å². The topological polar surface area (TPSA) is 55.8 Å². The number of hydrogen-bond donors (Lipinski definition) is 0. The fourth-order valence-corrected chi connectivity index (χ4v) is 4.88. The highest BCUT2D eigenvalue weighted by molar-refractivity contribution is 8.18. The van der Waals surface area contributed by atoms with Crippen molar-refractivity contribution in [3.05, 3.63) is 113 Å². The minimum Gasteiger partial charge on any atom is -0.492 e. The number of nitrogens with zero attached hydrogens (tertiary/aromatic N) is 1. The molecular weight excluding hydrogens is 470 g/mol. The summed E-state index contributed by atoms with van der Waals surface area (Å²) in [5.74, 6) is 1.04. The van der Waals surface area contributed by atoms with Gasteiger partial charge in [0.2, 0.25) is 0 Å². The lowest BCUT2D eigenvalue weighted by Gasteiger charge is -2.13. The summed E-state index contributed by atoms with van der Waals surface area (Å²) in [5, 5.41) is 2.01. The van der Waals surface area contributed by atoms with Gasteiger partial charge in [0, 0.05) is 5.56 Å². The average Bonchev–Trinajstić information content (AvgIpc) is 3.16. The molecule has 0 atom stereocenters. The first-order chi connectivity index (χ1) is 17.6. The van der Waals surface area contributed by atoms with E-state index >= 15 is 0 Å². The summed E-state index contributed by atoms with van der Waals surface area (Å²) < 4.78 is 11.9. The summed E-state index contributed by atoms with van der Waals surface area (Å²) in [4.78, 5) is 27.1. The van der Waals surface area contributed by atoms with Gasteiger partial charge in [0.1, 0.15) is 24.7 Å². The van der Waals surface area contributed by atoms with E-state index in [1.807, 2.05) is 73.7 Å². The van der Waals surface area contributed by atoms with E-state index in [-0.39, 0.29) is 24.3 Å². The molecule has 36 heavy (non-hydrogen) atoms. The normalized spacial score (nSPS) is 14.6. The molecule has 6 heteroatoms. The quantitative estimate of drug-likeness (QED) is 0.251. The third-order valence-electron chi connectivity index (χ3n) is 5.95. The number of amides is 2. The van der Waals surface area contributed by atoms with Gasteiger partial charge < -0.3 is 9.47 Å². The minimum atomic E-state index is -0.318. The Balaban J connectivity index is 1.27. The van der Waals surface area contributed by atoms with Crippen LogP contribution in [-0.2, 0) is 11.4 Å². The first-order valence-corrected chi connectivity index (χ1v) is 12.5. The van der Waals surface area contributed by atoms with Crippen LogP contribution in [-0.4, -0.2) is 29.2 Å². The molecule has 1 fully saturated rings. The van der Waals surface area contributed by atoms with E-state index in [0.717, 1.165) is 39.2 Å². The Kier molecular flexibility index (Phi) is 7.05. The first kappa shape index (κ1) is 23.7. The van der Waals surface area contributed by atoms with Gasteiger partial charge in [-0.25, -0.2) is 0 Å². The van der Waals surface area contributed by atoms with Crippen molar-refractivity contribution in [1.29, 1.82) is 0 Å². The molecule has 1 saturated heterocycles. The van der Waals surface area contributed by atoms with Crippen LogP contribution in [0.25, 0.3) is 16.8 Å². The molecule has 1 heterocycles. The summed E-state index contributed by atoms with van der Waals surface area (Å²) >= 11 is 0.937. The van der Waals surface area contributed by atoms with Crippen molar-refractivity contribution >= 4 is 39.8 Å². The number of carbonyl (C=O) groups excluding carboxylic acids is 2. The number of ether oxygens (including phenoxy) is 2. The second-order valence-corrected chi connectivity index (χ2v) is 9.45. The van der Waals surface area contributed by atoms with Crippen molar-refractivity contribution in [3.8, 4) is 11.5 Å². The molecule has 0 aliphatic carbocycles. The first-order valence-electron chi connectivity index (χ1n) is 11.7. The summed E-state index contributed by atoms with van der Waals surface area (Å²) in [5.41, 5.74) is 2.97. The molecule has 0 radical (unpaired) electrons. The number of aryl methyl sites for hydroxylation is 1. The second kappa shape index (κ2) is 10.7. The van der Waals surface area contributed by atoms with Gasteiger partial charge in [-0.05, 0) is 59.3 Å². The third kappa shape index (κ3) is 5.29. The number of hydrogen-bond acceptors (Lipinski definition) is 5. The highest BCUT2D eigenvalue weighted by Gasteiger charge is 2.35. The lowest BCUT2D eigenvalue weighted by molar-refractivity contribution is -0.123. The van der Waals surface area contributed by atoms with Gasteiger partial charge in [0.05, 0.1) is 11.4 Å². The smallest absolute Gasteiger partial charge is 0.293 e. The monoisotopic (exact) mass is 495 g/mol. The number of thioether (sulfide) groups is 1. The summed E-state index contributed by atoms with van der Waals surface area (Å²) in [6.07, 6.45) is 1.73. The fourth-order valence-electron chi connectivity index (χ4n) is 4.03. The maximum Gasteiger partial charge on any atom is 0.293 e. The molecule has 180 valence electrons. The predicted octanol–water partition coefficient (Wildman–Crippen LogP) is 6.84. The van der Waals surface area contributed by atoms with E-state index in [9.17, 15) is 9.59 Å². The Bertz CT molecular complexity index is 1440. The van der Waals surface area contributed by atoms with Crippen LogP contribution in [0.4, 0.5) is 4.79 Å². The Labute approximate surface area is 214 Å². The summed E-state index contributed by atoms with van der Waals surface area (Å²) in [7, 11) is 0. The zero-order valence-corrected chi connectivity index (χ0v) is 20.7. The molecule has 0 bridgehead atoms. The number of carbonyl (C=O) groups is 2. The van der Waals surface area contributed by atoms with Crippen molar-refractivity contribution in [2.45, 2.75) is 13.5 Å². The van der Waals surface area contributed by atoms with Crippen LogP contribution in [0.3, 0.4) is 0 Å². The van der Waals surface area contributed by atoms with Gasteiger partial charge in [-0.1, -0.05) is 78.4 Å². The van der Waals surface area contributed by atoms with Crippen LogP contribution >= 0.6 is 11.8 Å². The zero-order valence-electron chi connectivity index (χ0n) is 19.8. The van der Waals surface area contributed by atoms with Crippen LogP contribution in [0.1, 0.15) is 16.7 Å². The van der Waals surface area contributed by atoms with Crippen LogP contribution < -0.4 is 9.47 Å². The SMILES string of the molecule is Cc1ccc(OCCN2C(=O)S/C(=C\c3ccccc3OCc3cccc4ccccc34)C2=O)cc1. The Morgan fingerprint density at radius 3 is 2.44 bits per heavy atom. The van der Waals surface area contributed by atoms with Gasteiger partial charge in [-0.3, -0.25) is 14.5 Å². The Morgan fingerprint density at radius 1 is 0.833 bits per heavy atom. The molecular formula is C30H25NO4S. The van der Waals surface area contributed by atoms with Crippen molar-refractivity contribution in [2.75, 3.05) is 13.2 Å². The van der Waals surface area contributed by atoms with Crippen molar-refractivity contribution < 1.29 is 19.1 Å². The lowest BCUT2D eigenvalue weighted by atomic mass is 10.1. The van der Waals surface area contributed by atoms with E-state index in [1.54, 1.807) is 6.08 Å². The highest BCUT2D eigenvalue weighted by atomic mass is 32.2. The molecule has 2 amide bonds. The Morgan fingerprint density at radius 2 is 1.58 bits per heavy atom. The molecule has 5 nitrogen and oxygen atoms in total. The number of para-hydroxylation sites is 1. The maximum absolute atomic E-state index is 13.0. The second-order valence-electron chi connectivity index (χ2n) is 8.46. The maximum atomic E-state index is 13.0. The van der Waals surface area contributed by atoms with Crippen LogP contribution in [0.5, 0.6) is 11.5 Å². The van der Waals surface area contributed by atoms with Gasteiger partial charge >= 0.3 is 0 Å². The average molecular weight is 496 g/mol. The lowest BCUT2D eigenvalue weighted by Crippen LogP contribution is -2.32. The van der Waals surface area contributed by atoms with Crippen molar-refractivity contribution in [1.82, 2.24) is 4.90 Å². The molecule has 4 aromatic carbocycles. The van der Waals surface area contributed by atoms with Gasteiger partial charge in [-0.15, -0.1) is 0 Å². The molecule has 4 aromatic rings. The van der Waals surface area contributed by atoms with Gasteiger partial charge in [0.25, 0.3) is 11.1 Å². The molecule has 0 unspecified atom stereocenters. The van der Waals surface area contributed by atoms with E-state index in [0.29, 0.717) is 23.0 Å². The van der Waals surface area contributed by atoms with Crippen molar-refractivity contribution in [2.24, 2.45) is 0 Å². The van der Waals surface area contributed by atoms with Crippen LogP contribution in [0, 0.1) is 6.92 Å². The molecule has 1 aliphatic rings. The summed E-state index contributed by atoms with van der Waals surface area (Å²) in [6, 6.07) is 29.5. The van der Waals surface area contributed by atoms with E-state index in [4.69, 9.17) is 9.47 Å². The molecule has 0 N–H and O–H groups in total. The fraction of sp³-hybridized carbons (Fsp3) is 0.133. The largest absolute Gasteiger partial charge is 0.492 e. The number of fused-ring (bicyclic) bond motifs is 1. The minimum absolute atomic E-state index is 0.190. The van der Waals surface area contributed by atoms with E-state index < -0.39 is 0 Å². The standard InChI is InChI=1S/C30H25NO4S/c1-21-13-15-25(16-14-21)34-18-17-31-29(32)28(36-30(31)33)19-23-8-3-5-12-27(23)35-20-24-10-6-9-22-7-2-4-11-26(22)24/h2-16,19H,17-18,20H2,1H3/b28-19-. The van der Waals surface area contributed by atoms with Crippen LogP contribution in [0.2, 0.25) is 0 Å². The van der Waals surface area contributed by atoms with E-state index in [2.05, 4.69) is 24.3 Å². The number of imide groups is 1. The number of benzene rings is 4. The highest BCUT2D eigenvalue weighted by Crippen LogP contribution is 2.34.